The molecule has 0 aliphatic rings. The van der Waals surface area contributed by atoms with Crippen LogP contribution in [0.3, 0.4) is 0 Å². The van der Waals surface area contributed by atoms with E-state index in [1.165, 1.54) is 63.6 Å². The van der Waals surface area contributed by atoms with Crippen LogP contribution in [-0.2, 0) is 0 Å². The maximum absolute atomic E-state index is 5.06. The van der Waals surface area contributed by atoms with E-state index in [0.29, 0.717) is 17.5 Å². The zero-order valence-corrected chi connectivity index (χ0v) is 30.5. The highest BCUT2D eigenvalue weighted by molar-refractivity contribution is 7.25. The zero-order chi connectivity index (χ0) is 36.3. The Labute approximate surface area is 321 Å². The van der Waals surface area contributed by atoms with Crippen molar-refractivity contribution in [2.24, 2.45) is 0 Å². The van der Waals surface area contributed by atoms with Crippen molar-refractivity contribution in [1.82, 2.24) is 15.0 Å². The summed E-state index contributed by atoms with van der Waals surface area (Å²) < 4.78 is 2.62. The molecule has 256 valence electrons. The second-order valence-corrected chi connectivity index (χ2v) is 15.1. The largest absolute Gasteiger partial charge is 0.208 e. The SMILES string of the molecule is c1ccc(-c2nc(-c3ccc(-c4ccc5sc6ccccc6c5c4)cc3)nc(-c3ccc(-c4ccc5c6ccccc6c6ccccc6c5c4)cc3)n2)cc1. The number of aromatic nitrogens is 3. The zero-order valence-electron chi connectivity index (χ0n) is 29.6. The number of fused-ring (bicyclic) bond motifs is 9. The molecule has 2 heterocycles. The summed E-state index contributed by atoms with van der Waals surface area (Å²) in [5.41, 5.74) is 7.50. The van der Waals surface area contributed by atoms with Gasteiger partial charge in [-0.3, -0.25) is 0 Å². The van der Waals surface area contributed by atoms with Gasteiger partial charge in [0.2, 0.25) is 0 Å². The van der Waals surface area contributed by atoms with Gasteiger partial charge in [-0.05, 0) is 78.8 Å². The molecule has 0 spiro atoms. The Morgan fingerprint density at radius 3 is 1.16 bits per heavy atom. The third-order valence-electron chi connectivity index (χ3n) is 10.7. The maximum atomic E-state index is 5.06. The van der Waals surface area contributed by atoms with E-state index in [1.807, 2.05) is 41.7 Å². The second kappa shape index (κ2) is 12.8. The van der Waals surface area contributed by atoms with Crippen molar-refractivity contribution in [2.45, 2.75) is 0 Å². The number of rotatable bonds is 5. The molecule has 0 aliphatic carbocycles. The summed E-state index contributed by atoms with van der Waals surface area (Å²) in [7, 11) is 0. The van der Waals surface area contributed by atoms with E-state index in [4.69, 9.17) is 15.0 Å². The molecule has 55 heavy (non-hydrogen) atoms. The summed E-state index contributed by atoms with van der Waals surface area (Å²) in [5.74, 6) is 1.94. The summed E-state index contributed by atoms with van der Waals surface area (Å²) in [6.45, 7) is 0. The van der Waals surface area contributed by atoms with Crippen LogP contribution >= 0.6 is 11.3 Å². The van der Waals surface area contributed by atoms with Crippen molar-refractivity contribution >= 4 is 63.8 Å². The molecule has 0 aliphatic heterocycles. The Morgan fingerprint density at radius 2 is 0.600 bits per heavy atom. The van der Waals surface area contributed by atoms with Crippen molar-refractivity contribution in [1.29, 1.82) is 0 Å². The molecule has 2 aromatic heterocycles. The molecule has 11 aromatic rings. The van der Waals surface area contributed by atoms with Gasteiger partial charge in [0.1, 0.15) is 0 Å². The maximum Gasteiger partial charge on any atom is 0.164 e. The Hall–Kier alpha value is -7.01. The fourth-order valence-corrected chi connectivity index (χ4v) is 9.05. The molecular weight excluding hydrogens is 687 g/mol. The summed E-state index contributed by atoms with van der Waals surface area (Å²) in [4.78, 5) is 15.0. The molecule has 0 fully saturated rings. The van der Waals surface area contributed by atoms with Gasteiger partial charge in [-0.2, -0.15) is 0 Å². The van der Waals surface area contributed by atoms with Crippen molar-refractivity contribution in [2.75, 3.05) is 0 Å². The minimum atomic E-state index is 0.644. The average molecular weight is 718 g/mol. The minimum absolute atomic E-state index is 0.644. The fraction of sp³-hybridized carbons (Fsp3) is 0. The minimum Gasteiger partial charge on any atom is -0.208 e. The van der Waals surface area contributed by atoms with E-state index in [9.17, 15) is 0 Å². The van der Waals surface area contributed by atoms with Gasteiger partial charge in [0.25, 0.3) is 0 Å². The van der Waals surface area contributed by atoms with Gasteiger partial charge in [-0.15, -0.1) is 11.3 Å². The van der Waals surface area contributed by atoms with E-state index >= 15 is 0 Å². The Balaban J connectivity index is 0.963. The van der Waals surface area contributed by atoms with Crippen molar-refractivity contribution in [3.63, 3.8) is 0 Å². The number of thiophene rings is 1. The number of benzene rings is 9. The van der Waals surface area contributed by atoms with E-state index in [0.717, 1.165) is 27.8 Å². The Bertz CT molecular complexity index is 3200. The molecule has 0 amide bonds. The lowest BCUT2D eigenvalue weighted by Gasteiger charge is -2.12. The van der Waals surface area contributed by atoms with E-state index in [2.05, 4.69) is 158 Å². The van der Waals surface area contributed by atoms with Crippen LogP contribution in [0.5, 0.6) is 0 Å². The number of hydrogen-bond donors (Lipinski definition) is 0. The lowest BCUT2D eigenvalue weighted by atomic mass is 9.92. The molecular formula is C51H31N3S. The monoisotopic (exact) mass is 717 g/mol. The first-order chi connectivity index (χ1) is 27.2. The van der Waals surface area contributed by atoms with Gasteiger partial charge in [0.15, 0.2) is 17.5 Å². The third kappa shape index (κ3) is 5.46. The van der Waals surface area contributed by atoms with E-state index < -0.39 is 0 Å². The summed E-state index contributed by atoms with van der Waals surface area (Å²) in [6.07, 6.45) is 0. The molecule has 0 bridgehead atoms. The molecule has 11 rings (SSSR count). The van der Waals surface area contributed by atoms with Crippen LogP contribution in [0.2, 0.25) is 0 Å². The molecule has 0 unspecified atom stereocenters. The smallest absolute Gasteiger partial charge is 0.164 e. The predicted octanol–water partition coefficient (Wildman–Crippen LogP) is 14.0. The molecule has 0 atom stereocenters. The third-order valence-corrected chi connectivity index (χ3v) is 11.9. The van der Waals surface area contributed by atoms with Crippen LogP contribution < -0.4 is 0 Å². The van der Waals surface area contributed by atoms with Gasteiger partial charge in [0, 0.05) is 36.9 Å². The molecule has 0 saturated carbocycles. The number of nitrogens with zero attached hydrogens (tertiary/aromatic N) is 3. The lowest BCUT2D eigenvalue weighted by molar-refractivity contribution is 1.07. The van der Waals surface area contributed by atoms with Crippen LogP contribution in [0, 0.1) is 0 Å². The van der Waals surface area contributed by atoms with Crippen molar-refractivity contribution < 1.29 is 0 Å². The first kappa shape index (κ1) is 31.5. The highest BCUT2D eigenvalue weighted by Gasteiger charge is 2.15. The summed E-state index contributed by atoms with van der Waals surface area (Å²) in [5, 5.41) is 10.2. The number of hydrogen-bond acceptors (Lipinski definition) is 4. The Kier molecular flexibility index (Phi) is 7.35. The average Bonchev–Trinajstić information content (AvgIpc) is 3.65. The topological polar surface area (TPSA) is 38.7 Å². The van der Waals surface area contributed by atoms with E-state index in [-0.39, 0.29) is 0 Å². The summed E-state index contributed by atoms with van der Waals surface area (Å²) >= 11 is 1.84. The molecule has 0 saturated heterocycles. The van der Waals surface area contributed by atoms with Gasteiger partial charge in [-0.25, -0.2) is 15.0 Å². The van der Waals surface area contributed by atoms with Crippen LogP contribution in [0.1, 0.15) is 0 Å². The molecule has 9 aromatic carbocycles. The first-order valence-electron chi connectivity index (χ1n) is 18.5. The molecule has 0 radical (unpaired) electrons. The standard InChI is InChI=1S/C51H31N3S/c1-2-10-34(11-3-1)49-52-50(54-51(53-49)36-24-20-33(21-25-36)38-27-29-48-46(31-38)44-16-8-9-17-47(44)55-48)35-22-18-32(19-23-35)37-26-28-43-41-14-5-4-12-39(41)40-13-6-7-15-42(40)45(43)30-37/h1-31H. The predicted molar refractivity (Wildman–Crippen MR) is 232 cm³/mol. The second-order valence-electron chi connectivity index (χ2n) is 14.0. The van der Waals surface area contributed by atoms with Crippen LogP contribution in [0.25, 0.3) is 109 Å². The highest BCUT2D eigenvalue weighted by Crippen LogP contribution is 2.39. The normalized spacial score (nSPS) is 11.6. The molecule has 4 heteroatoms. The van der Waals surface area contributed by atoms with Gasteiger partial charge in [-0.1, -0.05) is 164 Å². The van der Waals surface area contributed by atoms with Gasteiger partial charge >= 0.3 is 0 Å². The van der Waals surface area contributed by atoms with Crippen LogP contribution in [0.15, 0.2) is 188 Å². The van der Waals surface area contributed by atoms with Crippen LogP contribution in [0.4, 0.5) is 0 Å². The van der Waals surface area contributed by atoms with Crippen molar-refractivity contribution in [3.05, 3.63) is 188 Å². The molecule has 3 nitrogen and oxygen atoms in total. The van der Waals surface area contributed by atoms with Crippen LogP contribution in [-0.4, -0.2) is 15.0 Å². The van der Waals surface area contributed by atoms with Gasteiger partial charge in [0.05, 0.1) is 0 Å². The fourth-order valence-electron chi connectivity index (χ4n) is 7.97. The van der Waals surface area contributed by atoms with E-state index in [1.54, 1.807) is 0 Å². The molecule has 0 N–H and O–H groups in total. The lowest BCUT2D eigenvalue weighted by Crippen LogP contribution is -2.00. The van der Waals surface area contributed by atoms with Crippen molar-refractivity contribution in [3.8, 4) is 56.4 Å². The first-order valence-corrected chi connectivity index (χ1v) is 19.3. The summed E-state index contributed by atoms with van der Waals surface area (Å²) in [6, 6.07) is 67.0. The highest BCUT2D eigenvalue weighted by atomic mass is 32.1. The quantitative estimate of drug-likeness (QED) is 0.166. The Morgan fingerprint density at radius 1 is 0.236 bits per heavy atom. The van der Waals surface area contributed by atoms with Gasteiger partial charge < -0.3 is 0 Å².